The second kappa shape index (κ2) is 7.13. The van der Waals surface area contributed by atoms with Gasteiger partial charge >= 0.3 is 5.97 Å². The molecule has 7 heteroatoms. The first kappa shape index (κ1) is 19.4. The van der Waals surface area contributed by atoms with Crippen LogP contribution in [0.15, 0.2) is 35.3 Å². The number of rotatable bonds is 3. The summed E-state index contributed by atoms with van der Waals surface area (Å²) in [4.78, 5) is 26.7. The molecule has 28 heavy (non-hydrogen) atoms. The molecule has 146 valence electrons. The molecule has 1 atom stereocenters. The highest BCUT2D eigenvalue weighted by atomic mass is 79.9. The normalized spacial score (nSPS) is 18.5. The van der Waals surface area contributed by atoms with Crippen LogP contribution in [0.3, 0.4) is 0 Å². The average molecular weight is 461 g/mol. The molecule has 3 heterocycles. The molecular formula is C21H21BrN2O3S. The summed E-state index contributed by atoms with van der Waals surface area (Å²) in [5.74, 6) is -1.16. The van der Waals surface area contributed by atoms with Gasteiger partial charge in [-0.2, -0.15) is 0 Å². The van der Waals surface area contributed by atoms with Gasteiger partial charge in [-0.15, -0.1) is 28.3 Å². The number of pyridine rings is 1. The van der Waals surface area contributed by atoms with Gasteiger partial charge in [0.15, 0.2) is 0 Å². The Kier molecular flexibility index (Phi) is 4.93. The van der Waals surface area contributed by atoms with E-state index >= 15 is 0 Å². The van der Waals surface area contributed by atoms with E-state index in [-0.39, 0.29) is 22.5 Å². The molecule has 1 aliphatic heterocycles. The van der Waals surface area contributed by atoms with Gasteiger partial charge in [-0.25, -0.2) is 4.79 Å². The van der Waals surface area contributed by atoms with E-state index in [0.717, 1.165) is 36.9 Å². The quantitative estimate of drug-likeness (QED) is 0.601. The van der Waals surface area contributed by atoms with Gasteiger partial charge in [0.05, 0.1) is 5.52 Å². The Bertz CT molecular complexity index is 1150. The molecule has 1 aliphatic carbocycles. The molecular weight excluding hydrogens is 440 g/mol. The third-order valence-corrected chi connectivity index (χ3v) is 6.86. The molecule has 5 rings (SSSR count). The van der Waals surface area contributed by atoms with Crippen LogP contribution in [-0.2, 0) is 6.42 Å². The Morgan fingerprint density at radius 3 is 2.75 bits per heavy atom. The predicted octanol–water partition coefficient (Wildman–Crippen LogP) is 4.55. The van der Waals surface area contributed by atoms with Crippen molar-refractivity contribution >= 4 is 45.2 Å². The maximum atomic E-state index is 12.6. The highest BCUT2D eigenvalue weighted by molar-refractivity contribution is 8.93. The summed E-state index contributed by atoms with van der Waals surface area (Å²) in [6, 6.07) is 8.70. The number of thiophene rings is 1. The van der Waals surface area contributed by atoms with Crippen molar-refractivity contribution in [3.05, 3.63) is 56.7 Å². The van der Waals surface area contributed by atoms with Gasteiger partial charge in [0.25, 0.3) is 0 Å². The van der Waals surface area contributed by atoms with Crippen molar-refractivity contribution in [2.24, 2.45) is 0 Å². The number of aromatic nitrogens is 1. The van der Waals surface area contributed by atoms with Crippen molar-refractivity contribution in [3.8, 4) is 10.4 Å². The van der Waals surface area contributed by atoms with Gasteiger partial charge in [-0.1, -0.05) is 6.07 Å². The van der Waals surface area contributed by atoms with Crippen LogP contribution in [0.4, 0.5) is 0 Å². The van der Waals surface area contributed by atoms with E-state index in [1.165, 1.54) is 21.5 Å². The summed E-state index contributed by atoms with van der Waals surface area (Å²) in [6.45, 7) is 3.19. The first-order valence-corrected chi connectivity index (χ1v) is 10.1. The van der Waals surface area contributed by atoms with Crippen LogP contribution >= 0.6 is 28.3 Å². The number of carbonyl (C=O) groups is 1. The Balaban J connectivity index is 0.00000192. The fraction of sp³-hybridized carbons (Fsp3) is 0.333. The minimum atomic E-state index is -1.16. The number of halogens is 1. The average Bonchev–Trinajstić information content (AvgIpc) is 3.39. The zero-order chi connectivity index (χ0) is 18.7. The number of carboxylic acids is 1. The standard InChI is InChI=1S/C21H20N2O3S.BrH/c1-11-15-9-19(27-18(15)6-7-22-11)12-2-5-14-17(8-12)23(13-3-4-13)10-16(20(14)24)21(25)26;/h2,5,8-11,13,22H,3-4,6-7H2,1H3,(H,25,26);1H. The Labute approximate surface area is 176 Å². The fourth-order valence-corrected chi connectivity index (χ4v) is 5.22. The molecule has 0 bridgehead atoms. The van der Waals surface area contributed by atoms with Gasteiger partial charge in [-0.3, -0.25) is 4.79 Å². The van der Waals surface area contributed by atoms with Crippen molar-refractivity contribution in [1.82, 2.24) is 9.88 Å². The van der Waals surface area contributed by atoms with E-state index in [2.05, 4.69) is 24.4 Å². The third kappa shape index (κ3) is 3.11. The molecule has 0 radical (unpaired) electrons. The molecule has 2 N–H and O–H groups in total. The number of nitrogens with one attached hydrogen (secondary N) is 1. The number of fused-ring (bicyclic) bond motifs is 2. The number of carboxylic acid groups (broad SMARTS) is 1. The summed E-state index contributed by atoms with van der Waals surface area (Å²) in [7, 11) is 0. The van der Waals surface area contributed by atoms with Gasteiger partial charge in [0, 0.05) is 40.0 Å². The summed E-state index contributed by atoms with van der Waals surface area (Å²) in [5.41, 5.74) is 2.74. The molecule has 0 amide bonds. The maximum absolute atomic E-state index is 12.6. The molecule has 5 nitrogen and oxygen atoms in total. The van der Waals surface area contributed by atoms with Crippen LogP contribution in [0, 0.1) is 0 Å². The highest BCUT2D eigenvalue weighted by Crippen LogP contribution is 2.40. The lowest BCUT2D eigenvalue weighted by atomic mass is 10.0. The molecule has 2 aromatic heterocycles. The fourth-order valence-electron chi connectivity index (χ4n) is 3.97. The Morgan fingerprint density at radius 2 is 2.07 bits per heavy atom. The van der Waals surface area contributed by atoms with Gasteiger partial charge in [-0.05, 0) is 55.5 Å². The van der Waals surface area contributed by atoms with Crippen LogP contribution in [-0.4, -0.2) is 22.2 Å². The monoisotopic (exact) mass is 460 g/mol. The molecule has 1 saturated carbocycles. The number of hydrogen-bond donors (Lipinski definition) is 2. The molecule has 1 fully saturated rings. The van der Waals surface area contributed by atoms with E-state index in [9.17, 15) is 14.7 Å². The van der Waals surface area contributed by atoms with Crippen molar-refractivity contribution in [3.63, 3.8) is 0 Å². The number of hydrogen-bond acceptors (Lipinski definition) is 4. The second-order valence-electron chi connectivity index (χ2n) is 7.46. The number of nitrogens with zero attached hydrogens (tertiary/aromatic N) is 1. The third-order valence-electron chi connectivity index (χ3n) is 5.60. The molecule has 2 aliphatic rings. The van der Waals surface area contributed by atoms with Crippen LogP contribution in [0.5, 0.6) is 0 Å². The van der Waals surface area contributed by atoms with E-state index in [4.69, 9.17) is 0 Å². The Hall–Kier alpha value is -1.96. The van der Waals surface area contributed by atoms with Crippen LogP contribution in [0.25, 0.3) is 21.3 Å². The largest absolute Gasteiger partial charge is 0.477 e. The molecule has 0 spiro atoms. The van der Waals surface area contributed by atoms with Gasteiger partial charge < -0.3 is 15.0 Å². The molecule has 3 aromatic rings. The van der Waals surface area contributed by atoms with Crippen molar-refractivity contribution in [2.75, 3.05) is 6.54 Å². The Morgan fingerprint density at radius 1 is 1.29 bits per heavy atom. The van der Waals surface area contributed by atoms with E-state index in [1.54, 1.807) is 6.07 Å². The molecule has 1 unspecified atom stereocenters. The van der Waals surface area contributed by atoms with Gasteiger partial charge in [0.1, 0.15) is 5.56 Å². The second-order valence-corrected chi connectivity index (χ2v) is 8.60. The molecule has 0 saturated heterocycles. The highest BCUT2D eigenvalue weighted by Gasteiger charge is 2.27. The number of aromatic carboxylic acids is 1. The predicted molar refractivity (Wildman–Crippen MR) is 117 cm³/mol. The summed E-state index contributed by atoms with van der Waals surface area (Å²) in [6.07, 6.45) is 4.63. The minimum absolute atomic E-state index is 0. The summed E-state index contributed by atoms with van der Waals surface area (Å²) in [5, 5.41) is 13.4. The van der Waals surface area contributed by atoms with Crippen LogP contribution in [0.2, 0.25) is 0 Å². The maximum Gasteiger partial charge on any atom is 0.341 e. The van der Waals surface area contributed by atoms with E-state index < -0.39 is 11.4 Å². The van der Waals surface area contributed by atoms with Gasteiger partial charge in [0.2, 0.25) is 5.43 Å². The SMILES string of the molecule is Br.CC1NCCc2sc(-c3ccc4c(=O)c(C(=O)O)cn(C5CC5)c4c3)cc21. The lowest BCUT2D eigenvalue weighted by Crippen LogP contribution is -2.26. The lowest BCUT2D eigenvalue weighted by molar-refractivity contribution is 0.0695. The van der Waals surface area contributed by atoms with Crippen LogP contribution < -0.4 is 10.7 Å². The lowest BCUT2D eigenvalue weighted by Gasteiger charge is -2.19. The summed E-state index contributed by atoms with van der Waals surface area (Å²) >= 11 is 1.82. The molecule has 1 aromatic carbocycles. The first-order chi connectivity index (χ1) is 13.0. The van der Waals surface area contributed by atoms with E-state index in [0.29, 0.717) is 17.5 Å². The van der Waals surface area contributed by atoms with Crippen molar-refractivity contribution in [2.45, 2.75) is 38.3 Å². The van der Waals surface area contributed by atoms with Crippen molar-refractivity contribution in [1.29, 1.82) is 0 Å². The minimum Gasteiger partial charge on any atom is -0.477 e. The summed E-state index contributed by atoms with van der Waals surface area (Å²) < 4.78 is 1.99. The van der Waals surface area contributed by atoms with E-state index in [1.807, 2.05) is 22.0 Å². The van der Waals surface area contributed by atoms with Crippen LogP contribution in [0.1, 0.15) is 52.6 Å². The zero-order valence-electron chi connectivity index (χ0n) is 15.4. The van der Waals surface area contributed by atoms with Crippen molar-refractivity contribution < 1.29 is 9.90 Å². The number of benzene rings is 1. The smallest absolute Gasteiger partial charge is 0.341 e. The zero-order valence-corrected chi connectivity index (χ0v) is 17.9. The first-order valence-electron chi connectivity index (χ1n) is 9.31. The topological polar surface area (TPSA) is 71.3 Å².